The second kappa shape index (κ2) is 11.3. The average molecular weight is 340 g/mol. The van der Waals surface area contributed by atoms with E-state index in [4.69, 9.17) is 29.3 Å². The summed E-state index contributed by atoms with van der Waals surface area (Å²) in [5.41, 5.74) is 0. The topological polar surface area (TPSA) is 108 Å². The highest BCUT2D eigenvalue weighted by molar-refractivity contribution is 6.27. The zero-order chi connectivity index (χ0) is 17.8. The summed E-state index contributed by atoms with van der Waals surface area (Å²) in [6, 6.07) is 7.83. The average Bonchev–Trinajstić information content (AvgIpc) is 2.57. The second-order valence-electron chi connectivity index (χ2n) is 4.96. The molecule has 0 aliphatic carbocycles. The molecule has 0 bridgehead atoms. The summed E-state index contributed by atoms with van der Waals surface area (Å²) in [5, 5.41) is 18.1. The van der Waals surface area contributed by atoms with Crippen molar-refractivity contribution < 1.29 is 29.3 Å². The Hall–Kier alpha value is -2.32. The summed E-state index contributed by atoms with van der Waals surface area (Å²) in [6.07, 6.45) is 0. The Labute approximate surface area is 141 Å². The molecule has 1 aromatic rings. The minimum absolute atomic E-state index is 0.685. The van der Waals surface area contributed by atoms with E-state index in [1.807, 2.05) is 31.2 Å². The molecule has 8 heteroatoms. The molecule has 0 amide bonds. The number of carboxylic acids is 2. The van der Waals surface area contributed by atoms with E-state index in [2.05, 4.69) is 10.2 Å². The van der Waals surface area contributed by atoms with Crippen LogP contribution in [0.15, 0.2) is 24.3 Å². The van der Waals surface area contributed by atoms with Gasteiger partial charge in [-0.1, -0.05) is 6.07 Å². The first-order valence-corrected chi connectivity index (χ1v) is 7.78. The van der Waals surface area contributed by atoms with Gasteiger partial charge in [-0.3, -0.25) is 4.90 Å². The van der Waals surface area contributed by atoms with Gasteiger partial charge in [-0.25, -0.2) is 9.59 Å². The van der Waals surface area contributed by atoms with Crippen LogP contribution in [-0.4, -0.2) is 73.0 Å². The number of nitrogens with one attached hydrogen (secondary N) is 1. The number of ether oxygens (including phenoxy) is 2. The number of hydrogen-bond donors (Lipinski definition) is 3. The molecule has 1 aliphatic heterocycles. The number of aliphatic carboxylic acids is 2. The molecule has 1 saturated heterocycles. The van der Waals surface area contributed by atoms with Crippen LogP contribution in [0, 0.1) is 0 Å². The number of carboxylic acid groups (broad SMARTS) is 2. The lowest BCUT2D eigenvalue weighted by molar-refractivity contribution is -0.159. The van der Waals surface area contributed by atoms with Crippen LogP contribution >= 0.6 is 0 Å². The largest absolute Gasteiger partial charge is 0.494 e. The molecular weight excluding hydrogens is 316 g/mol. The van der Waals surface area contributed by atoms with E-state index in [0.29, 0.717) is 6.61 Å². The Morgan fingerprint density at radius 3 is 2.25 bits per heavy atom. The third-order valence-corrected chi connectivity index (χ3v) is 3.19. The van der Waals surface area contributed by atoms with Crippen LogP contribution in [0.3, 0.4) is 0 Å². The van der Waals surface area contributed by atoms with Gasteiger partial charge in [0.2, 0.25) is 0 Å². The summed E-state index contributed by atoms with van der Waals surface area (Å²) < 4.78 is 11.2. The Morgan fingerprint density at radius 1 is 1.12 bits per heavy atom. The molecule has 0 radical (unpaired) electrons. The maximum atomic E-state index is 9.10. The normalized spacial score (nSPS) is 14.2. The van der Waals surface area contributed by atoms with Crippen molar-refractivity contribution in [2.24, 2.45) is 0 Å². The van der Waals surface area contributed by atoms with Gasteiger partial charge < -0.3 is 25.0 Å². The minimum Gasteiger partial charge on any atom is -0.494 e. The van der Waals surface area contributed by atoms with Gasteiger partial charge in [-0.15, -0.1) is 0 Å². The van der Waals surface area contributed by atoms with Crippen LogP contribution in [0.25, 0.3) is 0 Å². The van der Waals surface area contributed by atoms with E-state index < -0.39 is 11.9 Å². The van der Waals surface area contributed by atoms with Gasteiger partial charge in [-0.2, -0.15) is 0 Å². The fourth-order valence-corrected chi connectivity index (χ4v) is 2.05. The summed E-state index contributed by atoms with van der Waals surface area (Å²) in [7, 11) is 0. The lowest BCUT2D eigenvalue weighted by atomic mass is 10.3. The number of carbonyl (C=O) groups is 2. The quantitative estimate of drug-likeness (QED) is 0.644. The molecular formula is C16H24N2O6. The molecule has 0 saturated carbocycles. The third-order valence-electron chi connectivity index (χ3n) is 3.19. The van der Waals surface area contributed by atoms with Crippen molar-refractivity contribution in [2.75, 3.05) is 45.9 Å². The summed E-state index contributed by atoms with van der Waals surface area (Å²) in [6.45, 7) is 8.78. The molecule has 24 heavy (non-hydrogen) atoms. The molecule has 0 aromatic heterocycles. The lowest BCUT2D eigenvalue weighted by Crippen LogP contribution is -2.44. The number of piperazine rings is 1. The third kappa shape index (κ3) is 8.35. The van der Waals surface area contributed by atoms with E-state index in [1.165, 1.54) is 0 Å². The first-order valence-electron chi connectivity index (χ1n) is 7.78. The van der Waals surface area contributed by atoms with E-state index >= 15 is 0 Å². The smallest absolute Gasteiger partial charge is 0.414 e. The first-order chi connectivity index (χ1) is 11.5. The Morgan fingerprint density at radius 2 is 1.71 bits per heavy atom. The molecule has 0 unspecified atom stereocenters. The van der Waals surface area contributed by atoms with E-state index in [1.54, 1.807) is 0 Å². The van der Waals surface area contributed by atoms with Gasteiger partial charge in [-0.05, 0) is 19.1 Å². The van der Waals surface area contributed by atoms with Crippen molar-refractivity contribution in [3.63, 3.8) is 0 Å². The molecule has 3 N–H and O–H groups in total. The first kappa shape index (κ1) is 19.7. The molecule has 0 spiro atoms. The van der Waals surface area contributed by atoms with Gasteiger partial charge in [0.15, 0.2) is 0 Å². The molecule has 1 heterocycles. The minimum atomic E-state index is -1.82. The predicted octanol–water partition coefficient (Wildman–Crippen LogP) is 0.525. The van der Waals surface area contributed by atoms with Gasteiger partial charge in [0, 0.05) is 38.8 Å². The van der Waals surface area contributed by atoms with Gasteiger partial charge in [0.05, 0.1) is 6.61 Å². The molecule has 8 nitrogen and oxygen atoms in total. The predicted molar refractivity (Wildman–Crippen MR) is 87.7 cm³/mol. The highest BCUT2D eigenvalue weighted by atomic mass is 16.5. The number of nitrogens with zero attached hydrogens (tertiary/aromatic N) is 1. The molecule has 1 aromatic carbocycles. The highest BCUT2D eigenvalue weighted by Crippen LogP contribution is 2.19. The van der Waals surface area contributed by atoms with Crippen molar-refractivity contribution in [1.29, 1.82) is 0 Å². The van der Waals surface area contributed by atoms with Crippen LogP contribution in [-0.2, 0) is 9.59 Å². The Bertz CT molecular complexity index is 505. The van der Waals surface area contributed by atoms with Crippen molar-refractivity contribution in [3.05, 3.63) is 24.3 Å². The lowest BCUT2D eigenvalue weighted by Gasteiger charge is -2.26. The van der Waals surface area contributed by atoms with E-state index in [-0.39, 0.29) is 0 Å². The van der Waals surface area contributed by atoms with E-state index in [0.717, 1.165) is 50.8 Å². The van der Waals surface area contributed by atoms with Crippen LogP contribution in [0.2, 0.25) is 0 Å². The zero-order valence-electron chi connectivity index (χ0n) is 13.7. The summed E-state index contributed by atoms with van der Waals surface area (Å²) >= 11 is 0. The second-order valence-corrected chi connectivity index (χ2v) is 4.96. The fourth-order valence-electron chi connectivity index (χ4n) is 2.05. The fraction of sp³-hybridized carbons (Fsp3) is 0.500. The van der Waals surface area contributed by atoms with Crippen LogP contribution in [0.4, 0.5) is 0 Å². The van der Waals surface area contributed by atoms with Crippen molar-refractivity contribution in [1.82, 2.24) is 10.2 Å². The summed E-state index contributed by atoms with van der Waals surface area (Å²) in [5.74, 6) is -1.89. The highest BCUT2D eigenvalue weighted by Gasteiger charge is 2.08. The van der Waals surface area contributed by atoms with Crippen LogP contribution in [0.1, 0.15) is 6.92 Å². The molecule has 2 rings (SSSR count). The maximum Gasteiger partial charge on any atom is 0.414 e. The molecule has 0 atom stereocenters. The number of rotatable bonds is 6. The van der Waals surface area contributed by atoms with E-state index in [9.17, 15) is 0 Å². The number of hydrogen-bond acceptors (Lipinski definition) is 6. The number of benzene rings is 1. The Balaban J connectivity index is 0.000000413. The monoisotopic (exact) mass is 340 g/mol. The molecule has 1 aliphatic rings. The molecule has 134 valence electrons. The van der Waals surface area contributed by atoms with Crippen LogP contribution < -0.4 is 14.8 Å². The zero-order valence-corrected chi connectivity index (χ0v) is 13.7. The maximum absolute atomic E-state index is 9.10. The van der Waals surface area contributed by atoms with Crippen LogP contribution in [0.5, 0.6) is 11.5 Å². The Kier molecular flexibility index (Phi) is 9.25. The van der Waals surface area contributed by atoms with Gasteiger partial charge in [0.25, 0.3) is 0 Å². The SMILES string of the molecule is CCOc1cccc(OCCN2CCNCC2)c1.O=C(O)C(=O)O. The summed E-state index contributed by atoms with van der Waals surface area (Å²) in [4.78, 5) is 20.6. The van der Waals surface area contributed by atoms with Crippen molar-refractivity contribution in [3.8, 4) is 11.5 Å². The van der Waals surface area contributed by atoms with Gasteiger partial charge >= 0.3 is 11.9 Å². The standard InChI is InChI=1S/C14H22N2O2.C2H2O4/c1-2-17-13-4-3-5-14(12-13)18-11-10-16-8-6-15-7-9-16;3-1(4)2(5)6/h3-5,12,15H,2,6-11H2,1H3;(H,3,4)(H,5,6). The molecule has 1 fully saturated rings. The van der Waals surface area contributed by atoms with Gasteiger partial charge in [0.1, 0.15) is 18.1 Å². The van der Waals surface area contributed by atoms with Crippen molar-refractivity contribution in [2.45, 2.75) is 6.92 Å². The van der Waals surface area contributed by atoms with Crippen molar-refractivity contribution >= 4 is 11.9 Å².